The Morgan fingerprint density at radius 3 is 2.27 bits per heavy atom. The second-order valence-electron chi connectivity index (χ2n) is 3.53. The van der Waals surface area contributed by atoms with Gasteiger partial charge in [-0.25, -0.2) is 4.79 Å². The minimum Gasteiger partial charge on any atom is -0.478 e. The maximum absolute atomic E-state index is 11.6. The number of aromatic carboxylic acids is 1. The summed E-state index contributed by atoms with van der Waals surface area (Å²) in [5.41, 5.74) is 1.40. The summed E-state index contributed by atoms with van der Waals surface area (Å²) in [6, 6.07) is 4.48. The molecule has 0 aromatic heterocycles. The number of benzene rings is 1. The van der Waals surface area contributed by atoms with Crippen molar-refractivity contribution in [3.05, 3.63) is 34.9 Å². The highest BCUT2D eigenvalue weighted by atomic mass is 16.4. The van der Waals surface area contributed by atoms with Gasteiger partial charge in [0.2, 0.25) is 0 Å². The summed E-state index contributed by atoms with van der Waals surface area (Å²) >= 11 is 0. The topological polar surface area (TPSA) is 57.6 Å². The van der Waals surface area contributed by atoms with Gasteiger partial charge in [-0.1, -0.05) is 0 Å². The average molecular weight is 207 g/mol. The smallest absolute Gasteiger partial charge is 0.335 e. The summed E-state index contributed by atoms with van der Waals surface area (Å²) in [6.45, 7) is 1.73. The molecule has 1 N–H and O–H groups in total. The van der Waals surface area contributed by atoms with E-state index in [4.69, 9.17) is 5.11 Å². The molecule has 0 spiro atoms. The lowest BCUT2D eigenvalue weighted by molar-refractivity contribution is 0.0695. The van der Waals surface area contributed by atoms with Crippen LogP contribution in [0.4, 0.5) is 0 Å². The summed E-state index contributed by atoms with van der Waals surface area (Å²) in [7, 11) is 3.32. The van der Waals surface area contributed by atoms with E-state index < -0.39 is 5.97 Å². The Hall–Kier alpha value is -1.84. The first kappa shape index (κ1) is 11.2. The Balaban J connectivity index is 3.14. The van der Waals surface area contributed by atoms with Crippen molar-refractivity contribution in [3.8, 4) is 0 Å². The monoisotopic (exact) mass is 207 g/mol. The minimum atomic E-state index is -0.984. The molecule has 1 amide bonds. The molecule has 0 saturated carbocycles. The number of carbonyl (C=O) groups excluding carboxylic acids is 1. The van der Waals surface area contributed by atoms with Gasteiger partial charge in [0.25, 0.3) is 5.91 Å². The summed E-state index contributed by atoms with van der Waals surface area (Å²) < 4.78 is 0. The third-order valence-corrected chi connectivity index (χ3v) is 2.11. The zero-order valence-corrected chi connectivity index (χ0v) is 8.94. The van der Waals surface area contributed by atoms with E-state index >= 15 is 0 Å². The molecule has 80 valence electrons. The second kappa shape index (κ2) is 4.13. The van der Waals surface area contributed by atoms with Gasteiger partial charge in [-0.05, 0) is 30.7 Å². The van der Waals surface area contributed by atoms with Crippen LogP contribution in [-0.2, 0) is 0 Å². The summed E-state index contributed by atoms with van der Waals surface area (Å²) in [4.78, 5) is 23.8. The fourth-order valence-electron chi connectivity index (χ4n) is 1.28. The highest BCUT2D eigenvalue weighted by Gasteiger charge is 2.12. The third kappa shape index (κ3) is 2.34. The van der Waals surface area contributed by atoms with Crippen molar-refractivity contribution in [2.75, 3.05) is 14.1 Å². The number of carboxylic acid groups (broad SMARTS) is 1. The van der Waals surface area contributed by atoms with Crippen molar-refractivity contribution in [1.29, 1.82) is 0 Å². The fourth-order valence-corrected chi connectivity index (χ4v) is 1.28. The predicted molar refractivity (Wildman–Crippen MR) is 56.2 cm³/mol. The standard InChI is InChI=1S/C11H13NO3/c1-7-6-8(11(14)15)4-5-9(7)10(13)12(2)3/h4-6H,1-3H3,(H,14,15). The fraction of sp³-hybridized carbons (Fsp3) is 0.273. The highest BCUT2D eigenvalue weighted by molar-refractivity contribution is 5.97. The van der Waals surface area contributed by atoms with Gasteiger partial charge < -0.3 is 10.0 Å². The minimum absolute atomic E-state index is 0.121. The maximum atomic E-state index is 11.6. The summed E-state index contributed by atoms with van der Waals surface area (Å²) in [6.07, 6.45) is 0. The summed E-state index contributed by atoms with van der Waals surface area (Å²) in [5, 5.41) is 8.75. The Bertz CT molecular complexity index is 410. The highest BCUT2D eigenvalue weighted by Crippen LogP contribution is 2.12. The number of nitrogens with zero attached hydrogens (tertiary/aromatic N) is 1. The van der Waals surface area contributed by atoms with Gasteiger partial charge in [-0.15, -0.1) is 0 Å². The Kier molecular flexibility index (Phi) is 3.09. The lowest BCUT2D eigenvalue weighted by atomic mass is 10.0. The van der Waals surface area contributed by atoms with Gasteiger partial charge in [0.1, 0.15) is 0 Å². The molecule has 0 aliphatic rings. The van der Waals surface area contributed by atoms with E-state index in [0.29, 0.717) is 11.1 Å². The van der Waals surface area contributed by atoms with Crippen LogP contribution in [0.5, 0.6) is 0 Å². The van der Waals surface area contributed by atoms with E-state index in [-0.39, 0.29) is 11.5 Å². The number of carbonyl (C=O) groups is 2. The lowest BCUT2D eigenvalue weighted by Crippen LogP contribution is -2.22. The molecule has 15 heavy (non-hydrogen) atoms. The van der Waals surface area contributed by atoms with Gasteiger partial charge >= 0.3 is 5.97 Å². The van der Waals surface area contributed by atoms with Gasteiger partial charge in [0.15, 0.2) is 0 Å². The first-order valence-electron chi connectivity index (χ1n) is 4.49. The number of amides is 1. The van der Waals surface area contributed by atoms with Crippen LogP contribution in [0, 0.1) is 6.92 Å². The van der Waals surface area contributed by atoms with Crippen LogP contribution >= 0.6 is 0 Å². The van der Waals surface area contributed by atoms with Crippen LogP contribution in [0.25, 0.3) is 0 Å². The SMILES string of the molecule is Cc1cc(C(=O)O)ccc1C(=O)N(C)C. The largest absolute Gasteiger partial charge is 0.478 e. The van der Waals surface area contributed by atoms with Crippen LogP contribution in [0.3, 0.4) is 0 Å². The molecule has 0 unspecified atom stereocenters. The second-order valence-corrected chi connectivity index (χ2v) is 3.53. The van der Waals surface area contributed by atoms with Gasteiger partial charge in [0, 0.05) is 19.7 Å². The van der Waals surface area contributed by atoms with E-state index in [1.165, 1.54) is 17.0 Å². The normalized spacial score (nSPS) is 9.80. The lowest BCUT2D eigenvalue weighted by Gasteiger charge is -2.12. The van der Waals surface area contributed by atoms with Crippen LogP contribution in [0.1, 0.15) is 26.3 Å². The van der Waals surface area contributed by atoms with Crippen molar-refractivity contribution in [2.24, 2.45) is 0 Å². The first-order valence-corrected chi connectivity index (χ1v) is 4.49. The Morgan fingerprint density at radius 2 is 1.87 bits per heavy atom. The molecule has 0 aliphatic heterocycles. The molecule has 0 atom stereocenters. The molecule has 1 aromatic rings. The molecule has 0 fully saturated rings. The van der Waals surface area contributed by atoms with Crippen LogP contribution in [-0.4, -0.2) is 36.0 Å². The maximum Gasteiger partial charge on any atom is 0.335 e. The Morgan fingerprint density at radius 1 is 1.27 bits per heavy atom. The van der Waals surface area contributed by atoms with Crippen molar-refractivity contribution in [3.63, 3.8) is 0 Å². The molecule has 4 heteroatoms. The van der Waals surface area contributed by atoms with E-state index in [1.807, 2.05) is 0 Å². The molecule has 1 rings (SSSR count). The zero-order valence-electron chi connectivity index (χ0n) is 8.94. The molecule has 0 bridgehead atoms. The molecule has 0 heterocycles. The van der Waals surface area contributed by atoms with Gasteiger partial charge in [-0.2, -0.15) is 0 Å². The zero-order chi connectivity index (χ0) is 11.6. The van der Waals surface area contributed by atoms with E-state index in [1.54, 1.807) is 27.1 Å². The van der Waals surface area contributed by atoms with E-state index in [9.17, 15) is 9.59 Å². The van der Waals surface area contributed by atoms with Crippen molar-refractivity contribution < 1.29 is 14.7 Å². The molecule has 0 radical (unpaired) electrons. The Labute approximate surface area is 88.1 Å². The van der Waals surface area contributed by atoms with Crippen LogP contribution in [0.2, 0.25) is 0 Å². The van der Waals surface area contributed by atoms with Crippen LogP contribution in [0.15, 0.2) is 18.2 Å². The molecule has 0 aliphatic carbocycles. The van der Waals surface area contributed by atoms with E-state index in [2.05, 4.69) is 0 Å². The number of hydrogen-bond acceptors (Lipinski definition) is 2. The van der Waals surface area contributed by atoms with Crippen molar-refractivity contribution in [2.45, 2.75) is 6.92 Å². The number of carboxylic acids is 1. The quantitative estimate of drug-likeness (QED) is 0.797. The first-order chi connectivity index (χ1) is 6.93. The number of aryl methyl sites for hydroxylation is 1. The third-order valence-electron chi connectivity index (χ3n) is 2.11. The number of hydrogen-bond donors (Lipinski definition) is 1. The summed E-state index contributed by atoms with van der Waals surface area (Å²) in [5.74, 6) is -1.11. The van der Waals surface area contributed by atoms with Crippen LogP contribution < -0.4 is 0 Å². The molecular weight excluding hydrogens is 194 g/mol. The van der Waals surface area contributed by atoms with Gasteiger partial charge in [-0.3, -0.25) is 4.79 Å². The molecule has 0 saturated heterocycles. The predicted octanol–water partition coefficient (Wildman–Crippen LogP) is 1.40. The molecular formula is C11H13NO3. The molecule has 4 nitrogen and oxygen atoms in total. The van der Waals surface area contributed by atoms with Gasteiger partial charge in [0.05, 0.1) is 5.56 Å². The van der Waals surface area contributed by atoms with Crippen molar-refractivity contribution in [1.82, 2.24) is 4.90 Å². The van der Waals surface area contributed by atoms with E-state index in [0.717, 1.165) is 0 Å². The average Bonchev–Trinajstić information content (AvgIpc) is 2.16. The number of rotatable bonds is 2. The van der Waals surface area contributed by atoms with Crippen molar-refractivity contribution >= 4 is 11.9 Å². The molecule has 1 aromatic carbocycles.